The minimum Gasteiger partial charge on any atom is -0.0716 e. The van der Waals surface area contributed by atoms with Gasteiger partial charge in [0.1, 0.15) is 0 Å². The van der Waals surface area contributed by atoms with Crippen LogP contribution in [0.15, 0.2) is 34.9 Å². The van der Waals surface area contributed by atoms with Crippen LogP contribution in [0.2, 0.25) is 0 Å². The van der Waals surface area contributed by atoms with E-state index in [9.17, 15) is 0 Å². The predicted molar refractivity (Wildman–Crippen MR) is 82.6 cm³/mol. The second-order valence-electron chi connectivity index (χ2n) is 8.62. The van der Waals surface area contributed by atoms with E-state index in [0.29, 0.717) is 0 Å². The molecule has 0 aromatic heterocycles. The Labute approximate surface area is 114 Å². The van der Waals surface area contributed by atoms with Crippen LogP contribution in [0.4, 0.5) is 0 Å². The normalized spacial score (nSPS) is 20.2. The molecule has 0 aromatic rings. The summed E-state index contributed by atoms with van der Waals surface area (Å²) >= 11 is 0. The highest BCUT2D eigenvalue weighted by Crippen LogP contribution is 2.43. The summed E-state index contributed by atoms with van der Waals surface area (Å²) in [6.07, 6.45) is 7.19. The smallest absolute Gasteiger partial charge is 0.0126 e. The van der Waals surface area contributed by atoms with Crippen molar-refractivity contribution in [3.63, 3.8) is 0 Å². The molecule has 0 saturated carbocycles. The van der Waals surface area contributed by atoms with Gasteiger partial charge in [-0.15, -0.1) is 0 Å². The van der Waals surface area contributed by atoms with Crippen LogP contribution < -0.4 is 0 Å². The van der Waals surface area contributed by atoms with Crippen molar-refractivity contribution in [2.45, 2.75) is 62.3 Å². The Kier molecular flexibility index (Phi) is 3.74. The molecule has 0 bridgehead atoms. The Balaban J connectivity index is 3.30. The van der Waals surface area contributed by atoms with Crippen LogP contribution in [0.3, 0.4) is 0 Å². The zero-order valence-electron chi connectivity index (χ0n) is 13.7. The fraction of sp³-hybridized carbons (Fsp3) is 0.667. The van der Waals surface area contributed by atoms with Crippen molar-refractivity contribution in [3.05, 3.63) is 34.9 Å². The summed E-state index contributed by atoms with van der Waals surface area (Å²) in [4.78, 5) is 0. The zero-order chi connectivity index (χ0) is 14.4. The van der Waals surface area contributed by atoms with Gasteiger partial charge in [-0.3, -0.25) is 0 Å². The maximum absolute atomic E-state index is 2.41. The molecular formula is C18H30. The molecule has 18 heavy (non-hydrogen) atoms. The van der Waals surface area contributed by atoms with Crippen molar-refractivity contribution in [1.82, 2.24) is 0 Å². The van der Waals surface area contributed by atoms with Gasteiger partial charge in [-0.25, -0.2) is 0 Å². The third-order valence-corrected chi connectivity index (χ3v) is 3.18. The number of hydrogen-bond donors (Lipinski definition) is 0. The molecule has 0 radical (unpaired) electrons. The Morgan fingerprint density at radius 2 is 1.22 bits per heavy atom. The monoisotopic (exact) mass is 246 g/mol. The third-order valence-electron chi connectivity index (χ3n) is 3.18. The van der Waals surface area contributed by atoms with Crippen LogP contribution >= 0.6 is 0 Å². The molecule has 1 rings (SSSR count). The second kappa shape index (κ2) is 4.40. The second-order valence-corrected chi connectivity index (χ2v) is 8.62. The molecule has 0 heterocycles. The van der Waals surface area contributed by atoms with E-state index < -0.39 is 0 Å². The molecule has 0 atom stereocenters. The van der Waals surface area contributed by atoms with E-state index in [1.165, 1.54) is 16.7 Å². The topological polar surface area (TPSA) is 0 Å². The number of hydrogen-bond acceptors (Lipinski definition) is 0. The molecular weight excluding hydrogens is 216 g/mol. The summed E-state index contributed by atoms with van der Waals surface area (Å²) in [5.41, 5.74) is 5.00. The summed E-state index contributed by atoms with van der Waals surface area (Å²) in [6, 6.07) is 0. The fourth-order valence-corrected chi connectivity index (χ4v) is 2.19. The van der Waals surface area contributed by atoms with Crippen molar-refractivity contribution < 1.29 is 0 Å². The van der Waals surface area contributed by atoms with E-state index in [-0.39, 0.29) is 16.2 Å². The molecule has 0 unspecified atom stereocenters. The molecule has 0 fully saturated rings. The molecule has 0 nitrogen and oxygen atoms in total. The van der Waals surface area contributed by atoms with E-state index in [2.05, 4.69) is 80.5 Å². The van der Waals surface area contributed by atoms with E-state index >= 15 is 0 Å². The summed E-state index contributed by atoms with van der Waals surface area (Å²) in [5, 5.41) is 0. The maximum Gasteiger partial charge on any atom is -0.0126 e. The van der Waals surface area contributed by atoms with Crippen LogP contribution in [0, 0.1) is 16.2 Å². The standard InChI is InChI=1S/C18H30/c1-16(2,3)12-13-10-14(17(4,5)6)11-15(13)18(7,8)9/h10-12H,1-9H3. The van der Waals surface area contributed by atoms with Crippen molar-refractivity contribution in [1.29, 1.82) is 0 Å². The Morgan fingerprint density at radius 3 is 1.56 bits per heavy atom. The lowest BCUT2D eigenvalue weighted by Crippen LogP contribution is -2.11. The molecule has 0 aromatic carbocycles. The minimum absolute atomic E-state index is 0.209. The van der Waals surface area contributed by atoms with E-state index in [1.807, 2.05) is 0 Å². The fourth-order valence-electron chi connectivity index (χ4n) is 2.19. The lowest BCUT2D eigenvalue weighted by molar-refractivity contribution is 0.500. The molecule has 0 aliphatic heterocycles. The van der Waals surface area contributed by atoms with Gasteiger partial charge in [-0.05, 0) is 33.0 Å². The van der Waals surface area contributed by atoms with Gasteiger partial charge in [0.2, 0.25) is 0 Å². The number of rotatable bonds is 0. The van der Waals surface area contributed by atoms with Gasteiger partial charge in [-0.1, -0.05) is 80.5 Å². The van der Waals surface area contributed by atoms with Crippen molar-refractivity contribution in [3.8, 4) is 0 Å². The molecule has 102 valence electrons. The molecule has 0 saturated heterocycles. The lowest BCUT2D eigenvalue weighted by atomic mass is 9.80. The van der Waals surface area contributed by atoms with Gasteiger partial charge in [0, 0.05) is 0 Å². The van der Waals surface area contributed by atoms with Crippen LogP contribution in [-0.4, -0.2) is 0 Å². The Bertz CT molecular complexity index is 406. The highest BCUT2D eigenvalue weighted by molar-refractivity contribution is 5.56. The van der Waals surface area contributed by atoms with Crippen molar-refractivity contribution in [2.75, 3.05) is 0 Å². The Morgan fingerprint density at radius 1 is 0.722 bits per heavy atom. The summed E-state index contributed by atoms with van der Waals surface area (Å²) in [5.74, 6) is 0. The molecule has 0 spiro atoms. The predicted octanol–water partition coefficient (Wildman–Crippen LogP) is 5.92. The van der Waals surface area contributed by atoms with Crippen molar-refractivity contribution in [2.24, 2.45) is 16.2 Å². The molecule has 0 N–H and O–H groups in total. The van der Waals surface area contributed by atoms with E-state index in [4.69, 9.17) is 0 Å². The summed E-state index contributed by atoms with van der Waals surface area (Å²) in [7, 11) is 0. The van der Waals surface area contributed by atoms with Gasteiger partial charge in [0.25, 0.3) is 0 Å². The molecule has 0 amide bonds. The molecule has 0 heteroatoms. The van der Waals surface area contributed by atoms with Crippen LogP contribution in [-0.2, 0) is 0 Å². The highest BCUT2D eigenvalue weighted by atomic mass is 14.3. The van der Waals surface area contributed by atoms with E-state index in [1.54, 1.807) is 0 Å². The highest BCUT2D eigenvalue weighted by Gasteiger charge is 2.28. The minimum atomic E-state index is 0.209. The quantitative estimate of drug-likeness (QED) is 0.498. The van der Waals surface area contributed by atoms with Gasteiger partial charge < -0.3 is 0 Å². The summed E-state index contributed by atoms with van der Waals surface area (Å²) in [6.45, 7) is 20.6. The lowest BCUT2D eigenvalue weighted by Gasteiger charge is -2.24. The van der Waals surface area contributed by atoms with Crippen molar-refractivity contribution >= 4 is 0 Å². The van der Waals surface area contributed by atoms with Gasteiger partial charge >= 0.3 is 0 Å². The molecule has 1 aliphatic rings. The van der Waals surface area contributed by atoms with Crippen LogP contribution in [0.25, 0.3) is 0 Å². The average molecular weight is 246 g/mol. The summed E-state index contributed by atoms with van der Waals surface area (Å²) < 4.78 is 0. The van der Waals surface area contributed by atoms with Gasteiger partial charge in [-0.2, -0.15) is 0 Å². The SMILES string of the molecule is CC(C)(C)C=C1C=C(C(C)(C)C)C=C1C(C)(C)C. The first-order valence-electron chi connectivity index (χ1n) is 6.98. The third kappa shape index (κ3) is 3.86. The van der Waals surface area contributed by atoms with Gasteiger partial charge in [0.05, 0.1) is 0 Å². The zero-order valence-corrected chi connectivity index (χ0v) is 13.7. The molecule has 1 aliphatic carbocycles. The first-order valence-corrected chi connectivity index (χ1v) is 6.98. The first-order chi connectivity index (χ1) is 7.81. The largest absolute Gasteiger partial charge is 0.0716 e. The number of allylic oxidation sites excluding steroid dienone is 6. The Hall–Kier alpha value is -0.780. The first kappa shape index (κ1) is 15.3. The van der Waals surface area contributed by atoms with Crippen LogP contribution in [0.5, 0.6) is 0 Å². The van der Waals surface area contributed by atoms with Gasteiger partial charge in [0.15, 0.2) is 0 Å². The van der Waals surface area contributed by atoms with E-state index in [0.717, 1.165) is 0 Å². The maximum atomic E-state index is 2.41. The van der Waals surface area contributed by atoms with Crippen LogP contribution in [0.1, 0.15) is 62.3 Å². The average Bonchev–Trinajstić information content (AvgIpc) is 2.42.